The second kappa shape index (κ2) is 11.2. The molecule has 1 aliphatic rings. The molecule has 1 aliphatic carbocycles. The average molecular weight is 556 g/mol. The van der Waals surface area contributed by atoms with Crippen molar-refractivity contribution in [3.05, 3.63) is 41.2 Å². The molecular formula is C22H27ClFN7O5S. The van der Waals surface area contributed by atoms with Gasteiger partial charge in [-0.2, -0.15) is 9.97 Å². The highest BCUT2D eigenvalue weighted by molar-refractivity contribution is 7.91. The van der Waals surface area contributed by atoms with Crippen LogP contribution >= 0.6 is 11.6 Å². The fraction of sp³-hybridized carbons (Fsp3) is 0.545. The summed E-state index contributed by atoms with van der Waals surface area (Å²) in [6.45, 7) is 0.972. The average Bonchev–Trinajstić information content (AvgIpc) is 3.25. The number of hydrogen-bond donors (Lipinski definition) is 0. The van der Waals surface area contributed by atoms with Crippen molar-refractivity contribution in [1.82, 2.24) is 34.7 Å². The summed E-state index contributed by atoms with van der Waals surface area (Å²) < 4.78 is 58.7. The van der Waals surface area contributed by atoms with Crippen LogP contribution in [0.3, 0.4) is 0 Å². The van der Waals surface area contributed by atoms with Gasteiger partial charge in [0.1, 0.15) is 24.0 Å². The standard InChI is InChI=1S/C22H27ClFN7O5S/c1-12(18(34-2)19-25-8-14(23)9-26-19)37(32,33)10-16-29-30-20(15-6-5-13(15)7-24)31(16)17-21(35-3)27-11-28-22(17)36-4/h8-9,11-13,15,18H,5-7,10H2,1-4H3/t12-,13-,15+,18-/m0/s1. The first-order chi connectivity index (χ1) is 17.7. The summed E-state index contributed by atoms with van der Waals surface area (Å²) in [5, 5.41) is 7.74. The third kappa shape index (κ3) is 5.22. The molecule has 0 spiro atoms. The first kappa shape index (κ1) is 27.1. The zero-order valence-corrected chi connectivity index (χ0v) is 22.3. The van der Waals surface area contributed by atoms with Crippen molar-refractivity contribution in [3.63, 3.8) is 0 Å². The van der Waals surface area contributed by atoms with Crippen LogP contribution in [-0.2, 0) is 20.3 Å². The van der Waals surface area contributed by atoms with E-state index in [1.165, 1.54) is 51.5 Å². The second-order valence-corrected chi connectivity index (χ2v) is 11.4. The van der Waals surface area contributed by atoms with Crippen LogP contribution in [-0.4, -0.2) is 76.4 Å². The van der Waals surface area contributed by atoms with Crippen molar-refractivity contribution in [2.75, 3.05) is 28.0 Å². The van der Waals surface area contributed by atoms with Gasteiger partial charge in [0.05, 0.1) is 31.2 Å². The Morgan fingerprint density at radius 1 is 1.08 bits per heavy atom. The van der Waals surface area contributed by atoms with Gasteiger partial charge in [0.2, 0.25) is 11.8 Å². The van der Waals surface area contributed by atoms with E-state index in [0.717, 1.165) is 0 Å². The van der Waals surface area contributed by atoms with Gasteiger partial charge >= 0.3 is 0 Å². The van der Waals surface area contributed by atoms with E-state index < -0.39 is 33.6 Å². The van der Waals surface area contributed by atoms with Crippen LogP contribution in [0.15, 0.2) is 18.7 Å². The first-order valence-electron chi connectivity index (χ1n) is 11.4. The molecule has 0 saturated heterocycles. The lowest BCUT2D eigenvalue weighted by Gasteiger charge is -2.34. The molecule has 3 heterocycles. The highest BCUT2D eigenvalue weighted by Gasteiger charge is 2.40. The minimum atomic E-state index is -3.93. The molecule has 0 aromatic carbocycles. The molecule has 3 aromatic heterocycles. The summed E-state index contributed by atoms with van der Waals surface area (Å²) in [6.07, 6.45) is 4.39. The fourth-order valence-electron chi connectivity index (χ4n) is 4.31. The van der Waals surface area contributed by atoms with Gasteiger partial charge in [0.15, 0.2) is 27.2 Å². The molecule has 200 valence electrons. The van der Waals surface area contributed by atoms with E-state index in [0.29, 0.717) is 23.7 Å². The first-order valence-corrected chi connectivity index (χ1v) is 13.5. The maximum absolute atomic E-state index is 13.6. The number of methoxy groups -OCH3 is 3. The van der Waals surface area contributed by atoms with E-state index in [-0.39, 0.29) is 40.9 Å². The monoisotopic (exact) mass is 555 g/mol. The van der Waals surface area contributed by atoms with Gasteiger partial charge in [0.25, 0.3) is 0 Å². The Balaban J connectivity index is 1.78. The van der Waals surface area contributed by atoms with Gasteiger partial charge in [-0.1, -0.05) is 11.6 Å². The number of halogens is 2. The number of sulfone groups is 1. The minimum absolute atomic E-state index is 0.0737. The predicted octanol–water partition coefficient (Wildman–Crippen LogP) is 2.67. The Kier molecular flexibility index (Phi) is 8.19. The fourth-order valence-corrected chi connectivity index (χ4v) is 5.83. The van der Waals surface area contributed by atoms with Gasteiger partial charge in [0, 0.05) is 25.4 Å². The number of alkyl halides is 1. The summed E-state index contributed by atoms with van der Waals surface area (Å²) in [7, 11) is 0.271. The number of aromatic nitrogens is 7. The van der Waals surface area contributed by atoms with Gasteiger partial charge in [-0.05, 0) is 25.7 Å². The summed E-state index contributed by atoms with van der Waals surface area (Å²) >= 11 is 5.87. The van der Waals surface area contributed by atoms with Gasteiger partial charge in [-0.15, -0.1) is 10.2 Å². The lowest BCUT2D eigenvalue weighted by Crippen LogP contribution is -2.31. The number of nitrogens with zero attached hydrogens (tertiary/aromatic N) is 7. The molecule has 15 heteroatoms. The molecule has 12 nitrogen and oxygen atoms in total. The van der Waals surface area contributed by atoms with E-state index in [1.807, 2.05) is 0 Å². The van der Waals surface area contributed by atoms with E-state index in [1.54, 1.807) is 0 Å². The third-order valence-electron chi connectivity index (χ3n) is 6.54. The van der Waals surface area contributed by atoms with E-state index in [2.05, 4.69) is 30.1 Å². The maximum Gasteiger partial charge on any atom is 0.245 e. The van der Waals surface area contributed by atoms with Gasteiger partial charge in [-0.3, -0.25) is 8.96 Å². The Morgan fingerprint density at radius 2 is 1.73 bits per heavy atom. The van der Waals surface area contributed by atoms with Gasteiger partial charge < -0.3 is 14.2 Å². The van der Waals surface area contributed by atoms with Crippen LogP contribution in [0.25, 0.3) is 5.69 Å². The Bertz CT molecular complexity index is 1320. The second-order valence-electron chi connectivity index (χ2n) is 8.58. The van der Waals surface area contributed by atoms with Crippen LogP contribution in [0.4, 0.5) is 4.39 Å². The molecule has 1 fully saturated rings. The summed E-state index contributed by atoms with van der Waals surface area (Å²) in [5.74, 6) is -0.163. The maximum atomic E-state index is 13.6. The predicted molar refractivity (Wildman–Crippen MR) is 130 cm³/mol. The summed E-state index contributed by atoms with van der Waals surface area (Å²) in [4.78, 5) is 16.5. The molecular weight excluding hydrogens is 529 g/mol. The number of rotatable bonds is 11. The van der Waals surface area contributed by atoms with E-state index in [4.69, 9.17) is 25.8 Å². The lowest BCUT2D eigenvalue weighted by molar-refractivity contribution is 0.0948. The highest BCUT2D eigenvalue weighted by atomic mass is 35.5. The molecule has 0 N–H and O–H groups in total. The zero-order valence-electron chi connectivity index (χ0n) is 20.7. The van der Waals surface area contributed by atoms with Crippen LogP contribution in [0, 0.1) is 5.92 Å². The minimum Gasteiger partial charge on any atom is -0.479 e. The van der Waals surface area contributed by atoms with Crippen molar-refractivity contribution >= 4 is 21.4 Å². The van der Waals surface area contributed by atoms with Gasteiger partial charge in [-0.25, -0.2) is 18.4 Å². The Morgan fingerprint density at radius 3 is 2.24 bits per heavy atom. The van der Waals surface area contributed by atoms with Crippen LogP contribution in [0.5, 0.6) is 11.8 Å². The van der Waals surface area contributed by atoms with Crippen molar-refractivity contribution in [2.24, 2.45) is 5.92 Å². The molecule has 0 aliphatic heterocycles. The molecule has 0 bridgehead atoms. The van der Waals surface area contributed by atoms with Crippen LogP contribution in [0.2, 0.25) is 5.02 Å². The molecule has 3 aromatic rings. The van der Waals surface area contributed by atoms with Crippen LogP contribution in [0.1, 0.15) is 49.3 Å². The molecule has 1 saturated carbocycles. The molecule has 4 rings (SSSR count). The van der Waals surface area contributed by atoms with Crippen molar-refractivity contribution < 1.29 is 27.0 Å². The third-order valence-corrected chi connectivity index (χ3v) is 8.78. The zero-order chi connectivity index (χ0) is 26.7. The van der Waals surface area contributed by atoms with E-state index >= 15 is 0 Å². The molecule has 0 radical (unpaired) electrons. The molecule has 4 atom stereocenters. The van der Waals surface area contributed by atoms with Crippen LogP contribution < -0.4 is 9.47 Å². The molecule has 0 unspecified atom stereocenters. The molecule has 0 amide bonds. The summed E-state index contributed by atoms with van der Waals surface area (Å²) in [5.41, 5.74) is 0.235. The molecule has 37 heavy (non-hydrogen) atoms. The highest BCUT2D eigenvalue weighted by Crippen LogP contribution is 2.44. The Hall–Kier alpha value is -2.97. The van der Waals surface area contributed by atoms with Crippen molar-refractivity contribution in [1.29, 1.82) is 0 Å². The van der Waals surface area contributed by atoms with Crippen molar-refractivity contribution in [3.8, 4) is 17.4 Å². The van der Waals surface area contributed by atoms with Crippen molar-refractivity contribution in [2.45, 2.75) is 42.8 Å². The van der Waals surface area contributed by atoms with E-state index in [9.17, 15) is 12.8 Å². The quantitative estimate of drug-likeness (QED) is 0.344. The Labute approximate surface area is 218 Å². The number of ether oxygens (including phenoxy) is 3. The summed E-state index contributed by atoms with van der Waals surface area (Å²) in [6, 6.07) is 0. The number of hydrogen-bond acceptors (Lipinski definition) is 11. The smallest absolute Gasteiger partial charge is 0.245 e. The largest absolute Gasteiger partial charge is 0.479 e. The SMILES string of the molecule is COc1ncnc(OC)c1-n1c(CS(=O)(=O)[C@@H](C)[C@H](OC)c2ncc(Cl)cn2)nnc1[C@@H]1CC[C@H]1CF. The normalized spacial score (nSPS) is 19.2. The lowest BCUT2D eigenvalue weighted by atomic mass is 9.74. The topological polar surface area (TPSA) is 144 Å².